The van der Waals surface area contributed by atoms with Crippen LogP contribution in [0.15, 0.2) is 29.9 Å². The quantitative estimate of drug-likeness (QED) is 0.653. The molecule has 3 aromatic heterocycles. The zero-order chi connectivity index (χ0) is 19.5. The summed E-state index contributed by atoms with van der Waals surface area (Å²) in [5.74, 6) is 1.78. The van der Waals surface area contributed by atoms with Crippen LogP contribution in [-0.2, 0) is 0 Å². The number of piperidine rings is 1. The Morgan fingerprint density at radius 2 is 2.10 bits per heavy atom. The average molecular weight is 406 g/mol. The van der Waals surface area contributed by atoms with E-state index in [-0.39, 0.29) is 5.91 Å². The Balaban J connectivity index is 1.41. The second kappa shape index (κ2) is 6.49. The number of hydrogen-bond donors (Lipinski definition) is 0. The minimum absolute atomic E-state index is 0.149. The molecular formula is C22H23N5OS. The summed E-state index contributed by atoms with van der Waals surface area (Å²) in [6.45, 7) is 2.93. The predicted molar refractivity (Wildman–Crippen MR) is 111 cm³/mol. The van der Waals surface area contributed by atoms with Gasteiger partial charge < -0.3 is 4.90 Å². The van der Waals surface area contributed by atoms with Gasteiger partial charge in [0.2, 0.25) is 0 Å². The Labute approximate surface area is 173 Å². The molecule has 6 rings (SSSR count). The van der Waals surface area contributed by atoms with Gasteiger partial charge in [-0.3, -0.25) is 4.79 Å². The molecule has 2 saturated carbocycles. The lowest BCUT2D eigenvalue weighted by Gasteiger charge is -2.27. The molecule has 1 aliphatic heterocycles. The van der Waals surface area contributed by atoms with E-state index in [0.29, 0.717) is 23.8 Å². The highest BCUT2D eigenvalue weighted by Crippen LogP contribution is 2.44. The van der Waals surface area contributed by atoms with E-state index in [9.17, 15) is 4.79 Å². The van der Waals surface area contributed by atoms with E-state index in [1.54, 1.807) is 17.5 Å². The van der Waals surface area contributed by atoms with Crippen LogP contribution in [-0.4, -0.2) is 43.1 Å². The molecule has 0 spiro atoms. The number of aryl methyl sites for hydroxylation is 1. The average Bonchev–Trinajstić information content (AvgIpc) is 3.21. The number of amides is 1. The number of hydrogen-bond acceptors (Lipinski definition) is 5. The van der Waals surface area contributed by atoms with E-state index in [2.05, 4.69) is 26.4 Å². The molecule has 148 valence electrons. The molecule has 0 radical (unpaired) electrons. The van der Waals surface area contributed by atoms with Crippen LogP contribution in [0.25, 0.3) is 16.5 Å². The largest absolute Gasteiger partial charge is 0.335 e. The third-order valence-electron chi connectivity index (χ3n) is 6.57. The Morgan fingerprint density at radius 3 is 2.79 bits per heavy atom. The van der Waals surface area contributed by atoms with Crippen LogP contribution in [0.4, 0.5) is 0 Å². The van der Waals surface area contributed by atoms with Gasteiger partial charge in [0.25, 0.3) is 11.9 Å². The van der Waals surface area contributed by atoms with Crippen molar-refractivity contribution in [3.63, 3.8) is 0 Å². The molecule has 0 N–H and O–H groups in total. The Kier molecular flexibility index (Phi) is 3.88. The normalized spacial score (nSPS) is 23.1. The van der Waals surface area contributed by atoms with E-state index >= 15 is 0 Å². The maximum absolute atomic E-state index is 13.4. The lowest BCUT2D eigenvalue weighted by molar-refractivity contribution is 0.0702. The first-order chi connectivity index (χ1) is 14.2. The fourth-order valence-electron chi connectivity index (χ4n) is 4.96. The SMILES string of the molecule is Cc1cnc(-n2ncc(C(=O)N3C[C@H]4CC[C@@H]3C4)c2C2CC2)nc1-c1cccs1. The Morgan fingerprint density at radius 1 is 1.21 bits per heavy atom. The zero-order valence-corrected chi connectivity index (χ0v) is 17.2. The predicted octanol–water partition coefficient (Wildman–Crippen LogP) is 4.20. The fraction of sp³-hybridized carbons (Fsp3) is 0.455. The van der Waals surface area contributed by atoms with E-state index in [1.807, 2.05) is 23.9 Å². The van der Waals surface area contributed by atoms with Gasteiger partial charge in [-0.25, -0.2) is 14.6 Å². The number of nitrogens with zero attached hydrogens (tertiary/aromatic N) is 5. The van der Waals surface area contributed by atoms with Crippen LogP contribution in [0.3, 0.4) is 0 Å². The first-order valence-electron chi connectivity index (χ1n) is 10.5. The molecule has 7 heteroatoms. The molecule has 2 bridgehead atoms. The standard InChI is InChI=1S/C22H23N5OS/c1-13-10-23-22(25-19(13)18-3-2-8-29-18)27-20(15-5-6-15)17(11-24-27)21(28)26-12-14-4-7-16(26)9-14/h2-3,8,10-11,14-16H,4-7,9,12H2,1H3/t14-,16+/m0/s1. The van der Waals surface area contributed by atoms with Gasteiger partial charge >= 0.3 is 0 Å². The third kappa shape index (κ3) is 2.82. The van der Waals surface area contributed by atoms with Crippen molar-refractivity contribution in [1.82, 2.24) is 24.6 Å². The van der Waals surface area contributed by atoms with Crippen LogP contribution < -0.4 is 0 Å². The van der Waals surface area contributed by atoms with Crippen LogP contribution >= 0.6 is 11.3 Å². The highest BCUT2D eigenvalue weighted by molar-refractivity contribution is 7.13. The molecule has 3 aliphatic rings. The zero-order valence-electron chi connectivity index (χ0n) is 16.4. The summed E-state index contributed by atoms with van der Waals surface area (Å²) >= 11 is 1.67. The topological polar surface area (TPSA) is 63.9 Å². The number of aromatic nitrogens is 4. The summed E-state index contributed by atoms with van der Waals surface area (Å²) in [6.07, 6.45) is 9.39. The van der Waals surface area contributed by atoms with Crippen molar-refractivity contribution in [3.8, 4) is 16.5 Å². The molecule has 1 saturated heterocycles. The molecular weight excluding hydrogens is 382 g/mol. The van der Waals surface area contributed by atoms with Gasteiger partial charge in [0.1, 0.15) is 0 Å². The van der Waals surface area contributed by atoms with E-state index in [0.717, 1.165) is 53.2 Å². The van der Waals surface area contributed by atoms with Crippen molar-refractivity contribution >= 4 is 17.2 Å². The minimum Gasteiger partial charge on any atom is -0.335 e. The summed E-state index contributed by atoms with van der Waals surface area (Å²) < 4.78 is 1.82. The van der Waals surface area contributed by atoms with Crippen LogP contribution in [0, 0.1) is 12.8 Å². The number of fused-ring (bicyclic) bond motifs is 2. The molecule has 2 atom stereocenters. The van der Waals surface area contributed by atoms with Gasteiger partial charge in [0.15, 0.2) is 0 Å². The minimum atomic E-state index is 0.149. The van der Waals surface area contributed by atoms with Crippen molar-refractivity contribution in [1.29, 1.82) is 0 Å². The monoisotopic (exact) mass is 405 g/mol. The molecule has 2 aliphatic carbocycles. The molecule has 29 heavy (non-hydrogen) atoms. The maximum Gasteiger partial charge on any atom is 0.257 e. The molecule has 3 aromatic rings. The van der Waals surface area contributed by atoms with Crippen LogP contribution in [0.1, 0.15) is 59.6 Å². The second-order valence-corrected chi connectivity index (χ2v) is 9.55. The molecule has 1 amide bonds. The van der Waals surface area contributed by atoms with Gasteiger partial charge in [0, 0.05) is 24.7 Å². The van der Waals surface area contributed by atoms with Gasteiger partial charge in [-0.15, -0.1) is 11.3 Å². The lowest BCUT2D eigenvalue weighted by Crippen LogP contribution is -2.38. The van der Waals surface area contributed by atoms with Crippen molar-refractivity contribution in [2.24, 2.45) is 5.92 Å². The van der Waals surface area contributed by atoms with Gasteiger partial charge in [-0.05, 0) is 62.0 Å². The lowest BCUT2D eigenvalue weighted by atomic mass is 10.1. The van der Waals surface area contributed by atoms with Crippen molar-refractivity contribution in [2.75, 3.05) is 6.54 Å². The Hall–Kier alpha value is -2.54. The van der Waals surface area contributed by atoms with Crippen LogP contribution in [0.5, 0.6) is 0 Å². The van der Waals surface area contributed by atoms with Crippen molar-refractivity contribution < 1.29 is 4.79 Å². The highest BCUT2D eigenvalue weighted by Gasteiger charge is 2.43. The first kappa shape index (κ1) is 17.3. The molecule has 0 aromatic carbocycles. The number of carbonyl (C=O) groups excluding carboxylic acids is 1. The smallest absolute Gasteiger partial charge is 0.257 e. The van der Waals surface area contributed by atoms with E-state index in [1.165, 1.54) is 12.8 Å². The van der Waals surface area contributed by atoms with E-state index in [4.69, 9.17) is 4.98 Å². The number of likely N-dealkylation sites (tertiary alicyclic amines) is 1. The third-order valence-corrected chi connectivity index (χ3v) is 7.45. The number of carbonyl (C=O) groups is 1. The molecule has 6 nitrogen and oxygen atoms in total. The summed E-state index contributed by atoms with van der Waals surface area (Å²) in [4.78, 5) is 26.0. The van der Waals surface area contributed by atoms with Gasteiger partial charge in [0.05, 0.1) is 28.0 Å². The van der Waals surface area contributed by atoms with E-state index < -0.39 is 0 Å². The summed E-state index contributed by atoms with van der Waals surface area (Å²) in [5, 5.41) is 6.66. The summed E-state index contributed by atoms with van der Waals surface area (Å²) in [7, 11) is 0. The number of thiophene rings is 1. The first-order valence-corrected chi connectivity index (χ1v) is 11.3. The summed E-state index contributed by atoms with van der Waals surface area (Å²) in [6, 6.07) is 4.53. The van der Waals surface area contributed by atoms with Gasteiger partial charge in [-0.1, -0.05) is 6.07 Å². The number of rotatable bonds is 4. The molecule has 3 fully saturated rings. The Bertz CT molecular complexity index is 1080. The van der Waals surface area contributed by atoms with Crippen molar-refractivity contribution in [2.45, 2.75) is 51.0 Å². The second-order valence-electron chi connectivity index (χ2n) is 8.60. The molecule has 0 unspecified atom stereocenters. The fourth-order valence-corrected chi connectivity index (χ4v) is 5.74. The maximum atomic E-state index is 13.4. The molecule has 4 heterocycles. The summed E-state index contributed by atoms with van der Waals surface area (Å²) in [5.41, 5.74) is 3.73. The highest BCUT2D eigenvalue weighted by atomic mass is 32.1. The van der Waals surface area contributed by atoms with Crippen LogP contribution in [0.2, 0.25) is 0 Å². The van der Waals surface area contributed by atoms with Crippen molar-refractivity contribution in [3.05, 3.63) is 46.7 Å². The van der Waals surface area contributed by atoms with Gasteiger partial charge in [-0.2, -0.15) is 5.10 Å².